The van der Waals surface area contributed by atoms with Crippen molar-refractivity contribution in [2.45, 2.75) is 19.9 Å². The lowest BCUT2D eigenvalue weighted by atomic mass is 10.3. The number of thiophene rings is 1. The Morgan fingerprint density at radius 3 is 2.83 bits per heavy atom. The number of nitro groups is 1. The number of aromatic nitrogens is 2. The highest BCUT2D eigenvalue weighted by Crippen LogP contribution is 2.23. The van der Waals surface area contributed by atoms with E-state index in [4.69, 9.17) is 0 Å². The second kappa shape index (κ2) is 5.18. The van der Waals surface area contributed by atoms with Crippen LogP contribution in [-0.4, -0.2) is 14.7 Å². The van der Waals surface area contributed by atoms with Gasteiger partial charge in [0.05, 0.1) is 11.5 Å². The molecule has 1 N–H and O–H groups in total. The second-order valence-corrected chi connectivity index (χ2v) is 5.12. The summed E-state index contributed by atoms with van der Waals surface area (Å²) < 4.78 is 1.44. The Morgan fingerprint density at radius 2 is 2.22 bits per heavy atom. The van der Waals surface area contributed by atoms with Crippen LogP contribution in [-0.2, 0) is 20.0 Å². The fourth-order valence-corrected chi connectivity index (χ4v) is 2.51. The number of hydrogen-bond acceptors (Lipinski definition) is 5. The lowest BCUT2D eigenvalue weighted by Gasteiger charge is -1.99. The maximum absolute atomic E-state index is 10.8. The first-order chi connectivity index (χ1) is 8.60. The maximum atomic E-state index is 10.8. The fourth-order valence-electron chi connectivity index (χ4n) is 1.61. The Bertz CT molecular complexity index is 561. The lowest BCUT2D eigenvalue weighted by molar-refractivity contribution is -0.384. The van der Waals surface area contributed by atoms with Gasteiger partial charge >= 0.3 is 5.69 Å². The molecule has 0 aliphatic carbocycles. The first-order valence-electron chi connectivity index (χ1n) is 5.59. The van der Waals surface area contributed by atoms with Gasteiger partial charge in [0.25, 0.3) is 0 Å². The number of rotatable bonds is 5. The minimum atomic E-state index is -0.429. The molecule has 2 aromatic heterocycles. The van der Waals surface area contributed by atoms with E-state index in [0.717, 1.165) is 11.3 Å². The van der Waals surface area contributed by atoms with E-state index in [-0.39, 0.29) is 5.69 Å². The molecule has 0 bridgehead atoms. The van der Waals surface area contributed by atoms with Gasteiger partial charge in [0.15, 0.2) is 0 Å². The largest absolute Gasteiger partial charge is 0.358 e. The molecule has 0 radical (unpaired) electrons. The van der Waals surface area contributed by atoms with Gasteiger partial charge in [-0.25, -0.2) is 0 Å². The van der Waals surface area contributed by atoms with E-state index in [0.29, 0.717) is 12.4 Å². The molecule has 0 aliphatic rings. The van der Waals surface area contributed by atoms with Crippen LogP contribution in [0.3, 0.4) is 0 Å². The van der Waals surface area contributed by atoms with Crippen LogP contribution in [0.1, 0.15) is 16.7 Å². The number of anilines is 1. The Kier molecular flexibility index (Phi) is 3.61. The third kappa shape index (κ3) is 2.67. The van der Waals surface area contributed by atoms with Gasteiger partial charge in [-0.3, -0.25) is 14.8 Å². The van der Waals surface area contributed by atoms with Crippen LogP contribution in [0.15, 0.2) is 18.3 Å². The van der Waals surface area contributed by atoms with E-state index in [2.05, 4.69) is 23.4 Å². The first-order valence-corrected chi connectivity index (χ1v) is 6.41. The summed E-state index contributed by atoms with van der Waals surface area (Å²) in [6.07, 6.45) is 2.41. The summed E-state index contributed by atoms with van der Waals surface area (Å²) in [6, 6.07) is 4.11. The Hall–Kier alpha value is -1.89. The van der Waals surface area contributed by atoms with Gasteiger partial charge < -0.3 is 5.32 Å². The number of nitrogens with one attached hydrogen (secondary N) is 1. The summed E-state index contributed by atoms with van der Waals surface area (Å²) >= 11 is 1.71. The highest BCUT2D eigenvalue weighted by atomic mass is 32.1. The summed E-state index contributed by atoms with van der Waals surface area (Å²) in [6.45, 7) is 2.66. The average molecular weight is 266 g/mol. The molecule has 0 amide bonds. The van der Waals surface area contributed by atoms with Gasteiger partial charge in [0.2, 0.25) is 5.82 Å². The van der Waals surface area contributed by atoms with E-state index < -0.39 is 4.92 Å². The quantitative estimate of drug-likeness (QED) is 0.666. The predicted octanol–water partition coefficient (Wildman–Crippen LogP) is 2.56. The second-order valence-electron chi connectivity index (χ2n) is 3.87. The maximum Gasteiger partial charge on any atom is 0.330 e. The van der Waals surface area contributed by atoms with Crippen molar-refractivity contribution in [2.24, 2.45) is 7.05 Å². The van der Waals surface area contributed by atoms with Crippen LogP contribution >= 0.6 is 11.3 Å². The molecule has 2 aromatic rings. The van der Waals surface area contributed by atoms with Crippen molar-refractivity contribution >= 4 is 22.8 Å². The number of nitrogens with zero attached hydrogens (tertiary/aromatic N) is 3. The summed E-state index contributed by atoms with van der Waals surface area (Å²) in [4.78, 5) is 12.8. The molecule has 0 aromatic carbocycles. The van der Waals surface area contributed by atoms with Crippen molar-refractivity contribution in [2.75, 3.05) is 5.32 Å². The molecule has 0 saturated heterocycles. The standard InChI is InChI=1S/C11H14N4O2S/c1-3-8-4-5-9(18-8)6-12-11-10(15(16)17)7-14(2)13-11/h4-5,7H,3,6H2,1-2H3,(H,12,13). The van der Waals surface area contributed by atoms with Crippen molar-refractivity contribution in [3.8, 4) is 0 Å². The SMILES string of the molecule is CCc1ccc(CNc2nn(C)cc2[N+](=O)[O-])s1. The molecule has 96 valence electrons. The zero-order valence-corrected chi connectivity index (χ0v) is 11.0. The van der Waals surface area contributed by atoms with E-state index >= 15 is 0 Å². The first kappa shape index (κ1) is 12.6. The lowest BCUT2D eigenvalue weighted by Crippen LogP contribution is -2.01. The van der Waals surface area contributed by atoms with Crippen LogP contribution in [0.25, 0.3) is 0 Å². The number of aryl methyl sites for hydroxylation is 2. The molecular formula is C11H14N4O2S. The highest BCUT2D eigenvalue weighted by molar-refractivity contribution is 7.12. The third-order valence-corrected chi connectivity index (χ3v) is 3.73. The smallest absolute Gasteiger partial charge is 0.330 e. The minimum absolute atomic E-state index is 0.00442. The van der Waals surface area contributed by atoms with E-state index in [9.17, 15) is 10.1 Å². The Morgan fingerprint density at radius 1 is 1.50 bits per heavy atom. The van der Waals surface area contributed by atoms with Crippen molar-refractivity contribution in [3.05, 3.63) is 38.2 Å². The molecule has 2 rings (SSSR count). The molecule has 6 nitrogen and oxygen atoms in total. The summed E-state index contributed by atoms with van der Waals surface area (Å²) in [5.74, 6) is 0.314. The minimum Gasteiger partial charge on any atom is -0.358 e. The molecule has 0 atom stereocenters. The fraction of sp³-hybridized carbons (Fsp3) is 0.364. The van der Waals surface area contributed by atoms with Crippen LogP contribution in [0.4, 0.5) is 11.5 Å². The molecule has 0 spiro atoms. The van der Waals surface area contributed by atoms with Crippen LogP contribution < -0.4 is 5.32 Å². The molecule has 18 heavy (non-hydrogen) atoms. The molecule has 0 saturated carbocycles. The van der Waals surface area contributed by atoms with E-state index in [1.165, 1.54) is 15.8 Å². The Balaban J connectivity index is 2.07. The molecular weight excluding hydrogens is 252 g/mol. The molecule has 0 fully saturated rings. The van der Waals surface area contributed by atoms with Crippen LogP contribution in [0.5, 0.6) is 0 Å². The van der Waals surface area contributed by atoms with Crippen LogP contribution in [0, 0.1) is 10.1 Å². The van der Waals surface area contributed by atoms with E-state index in [1.54, 1.807) is 18.4 Å². The Labute approximate surface area is 108 Å². The topological polar surface area (TPSA) is 73.0 Å². The summed E-state index contributed by atoms with van der Waals surface area (Å²) in [5.41, 5.74) is 0.00442. The monoisotopic (exact) mass is 266 g/mol. The van der Waals surface area contributed by atoms with E-state index in [1.807, 2.05) is 6.07 Å². The van der Waals surface area contributed by atoms with Gasteiger partial charge in [-0.2, -0.15) is 0 Å². The summed E-state index contributed by atoms with van der Waals surface area (Å²) in [7, 11) is 1.67. The summed E-state index contributed by atoms with van der Waals surface area (Å²) in [5, 5.41) is 17.9. The van der Waals surface area contributed by atoms with Crippen molar-refractivity contribution < 1.29 is 4.92 Å². The van der Waals surface area contributed by atoms with Crippen molar-refractivity contribution in [1.82, 2.24) is 9.78 Å². The molecule has 2 heterocycles. The average Bonchev–Trinajstić information content (AvgIpc) is 2.92. The normalized spacial score (nSPS) is 10.6. The van der Waals surface area contributed by atoms with Gasteiger partial charge in [0, 0.05) is 16.8 Å². The zero-order chi connectivity index (χ0) is 13.1. The van der Waals surface area contributed by atoms with Gasteiger partial charge in [-0.1, -0.05) is 6.92 Å². The molecule has 7 heteroatoms. The van der Waals surface area contributed by atoms with Crippen molar-refractivity contribution in [3.63, 3.8) is 0 Å². The predicted molar refractivity (Wildman–Crippen MR) is 70.9 cm³/mol. The molecule has 0 unspecified atom stereocenters. The van der Waals surface area contributed by atoms with Gasteiger partial charge in [-0.05, 0) is 18.6 Å². The third-order valence-electron chi connectivity index (χ3n) is 2.50. The van der Waals surface area contributed by atoms with Crippen molar-refractivity contribution in [1.29, 1.82) is 0 Å². The number of hydrogen-bond donors (Lipinski definition) is 1. The van der Waals surface area contributed by atoms with Gasteiger partial charge in [-0.15, -0.1) is 16.4 Å². The zero-order valence-electron chi connectivity index (χ0n) is 10.2. The molecule has 0 aliphatic heterocycles. The van der Waals surface area contributed by atoms with Gasteiger partial charge in [0.1, 0.15) is 6.20 Å². The highest BCUT2D eigenvalue weighted by Gasteiger charge is 2.17. The van der Waals surface area contributed by atoms with Crippen LogP contribution in [0.2, 0.25) is 0 Å².